The predicted molar refractivity (Wildman–Crippen MR) is 153 cm³/mol. The third-order valence-corrected chi connectivity index (χ3v) is 10.4. The van der Waals surface area contributed by atoms with Gasteiger partial charge in [0.1, 0.15) is 0 Å². The van der Waals surface area contributed by atoms with Gasteiger partial charge in [-0.25, -0.2) is 0 Å². The average molecular weight is 479 g/mol. The highest BCUT2D eigenvalue weighted by molar-refractivity contribution is 7.85. The quantitative estimate of drug-likeness (QED) is 0.236. The van der Waals surface area contributed by atoms with Crippen LogP contribution in [0, 0.1) is 0 Å². The van der Waals surface area contributed by atoms with Gasteiger partial charge in [0.2, 0.25) is 0 Å². The van der Waals surface area contributed by atoms with Gasteiger partial charge in [0.15, 0.2) is 7.14 Å². The van der Waals surface area contributed by atoms with Gasteiger partial charge in [-0.2, -0.15) is 0 Å². The van der Waals surface area contributed by atoms with Gasteiger partial charge in [0.25, 0.3) is 0 Å². The van der Waals surface area contributed by atoms with Crippen molar-refractivity contribution in [2.45, 2.75) is 0 Å². The third-order valence-electron chi connectivity index (χ3n) is 7.33. The monoisotopic (exact) mass is 478 g/mol. The van der Waals surface area contributed by atoms with Crippen LogP contribution in [-0.4, -0.2) is 0 Å². The minimum atomic E-state index is -2.98. The van der Waals surface area contributed by atoms with Crippen molar-refractivity contribution >= 4 is 33.8 Å². The van der Waals surface area contributed by atoms with E-state index < -0.39 is 7.14 Å². The summed E-state index contributed by atoms with van der Waals surface area (Å²) in [7, 11) is -2.98. The standard InChI is InChI=1S/C34H23OP/c35-36(25-10-3-1-4-11-25,26-12-5-2-6-13-26)27-20-18-24(19-21-27)28-22-23-33-30-15-8-7-14-29(30)32-17-9-16-31(28)34(32)33/h1-23H. The maximum absolute atomic E-state index is 14.7. The van der Waals surface area contributed by atoms with E-state index in [1.165, 1.54) is 38.6 Å². The fourth-order valence-electron chi connectivity index (χ4n) is 5.63. The zero-order chi connectivity index (χ0) is 24.1. The summed E-state index contributed by atoms with van der Waals surface area (Å²) in [6.07, 6.45) is 0. The summed E-state index contributed by atoms with van der Waals surface area (Å²) in [6, 6.07) is 47.8. The van der Waals surface area contributed by atoms with E-state index in [0.717, 1.165) is 21.5 Å². The van der Waals surface area contributed by atoms with Gasteiger partial charge in [-0.15, -0.1) is 0 Å². The largest absolute Gasteiger partial charge is 0.309 e. The molecular weight excluding hydrogens is 455 g/mol. The van der Waals surface area contributed by atoms with Crippen LogP contribution in [0.15, 0.2) is 140 Å². The Morgan fingerprint density at radius 2 is 0.833 bits per heavy atom. The molecule has 6 aromatic rings. The van der Waals surface area contributed by atoms with Crippen LogP contribution in [0.25, 0.3) is 44.2 Å². The normalized spacial score (nSPS) is 12.0. The summed E-state index contributed by atoms with van der Waals surface area (Å²) < 4.78 is 14.7. The molecule has 36 heavy (non-hydrogen) atoms. The van der Waals surface area contributed by atoms with Crippen LogP contribution < -0.4 is 15.9 Å². The Labute approximate surface area is 211 Å². The van der Waals surface area contributed by atoms with Crippen molar-refractivity contribution < 1.29 is 4.57 Å². The minimum Gasteiger partial charge on any atom is -0.309 e. The summed E-state index contributed by atoms with van der Waals surface area (Å²) in [5, 5.41) is 5.13. The second-order valence-corrected chi connectivity index (χ2v) is 12.0. The highest BCUT2D eigenvalue weighted by atomic mass is 31.2. The zero-order valence-electron chi connectivity index (χ0n) is 19.6. The average Bonchev–Trinajstić information content (AvgIpc) is 3.29. The lowest BCUT2D eigenvalue weighted by molar-refractivity contribution is 0.592. The van der Waals surface area contributed by atoms with E-state index in [4.69, 9.17) is 0 Å². The van der Waals surface area contributed by atoms with Crippen LogP contribution in [0.5, 0.6) is 0 Å². The molecule has 0 amide bonds. The lowest BCUT2D eigenvalue weighted by atomic mass is 9.94. The Balaban J connectivity index is 1.38. The summed E-state index contributed by atoms with van der Waals surface area (Å²) in [6.45, 7) is 0. The molecule has 0 N–H and O–H groups in total. The van der Waals surface area contributed by atoms with Crippen LogP contribution in [0.2, 0.25) is 0 Å². The first-order chi connectivity index (χ1) is 17.7. The molecule has 0 saturated carbocycles. The molecule has 0 heterocycles. The van der Waals surface area contributed by atoms with Crippen molar-refractivity contribution in [1.29, 1.82) is 0 Å². The second-order valence-electron chi connectivity index (χ2n) is 9.26. The topological polar surface area (TPSA) is 17.1 Å². The van der Waals surface area contributed by atoms with Crippen LogP contribution >= 0.6 is 7.14 Å². The molecule has 2 heteroatoms. The molecule has 0 aliphatic heterocycles. The van der Waals surface area contributed by atoms with Crippen molar-refractivity contribution in [3.05, 3.63) is 140 Å². The molecular formula is C34H23OP. The Hall–Kier alpha value is -4.19. The maximum atomic E-state index is 14.7. The van der Waals surface area contributed by atoms with E-state index in [-0.39, 0.29) is 0 Å². The molecule has 1 aliphatic carbocycles. The van der Waals surface area contributed by atoms with E-state index >= 15 is 0 Å². The molecule has 0 radical (unpaired) electrons. The highest BCUT2D eigenvalue weighted by Gasteiger charge is 2.29. The number of fused-ring (bicyclic) bond motifs is 3. The Bertz CT molecular complexity index is 1710. The molecule has 7 rings (SSSR count). The van der Waals surface area contributed by atoms with Gasteiger partial charge in [0.05, 0.1) is 0 Å². The molecule has 0 bridgehead atoms. The SMILES string of the molecule is O=P(c1ccccc1)(c1ccccc1)c1ccc(-c2ccc3c4c(cccc24)-c2ccccc2-3)cc1. The highest BCUT2D eigenvalue weighted by Crippen LogP contribution is 2.49. The predicted octanol–water partition coefficient (Wildman–Crippen LogP) is 7.79. The van der Waals surface area contributed by atoms with E-state index in [1.807, 2.05) is 72.8 Å². The van der Waals surface area contributed by atoms with Gasteiger partial charge in [-0.05, 0) is 44.2 Å². The Kier molecular flexibility index (Phi) is 4.81. The van der Waals surface area contributed by atoms with Crippen molar-refractivity contribution in [3.8, 4) is 33.4 Å². The number of benzene rings is 6. The van der Waals surface area contributed by atoms with E-state index in [0.29, 0.717) is 0 Å². The molecule has 1 aliphatic rings. The van der Waals surface area contributed by atoms with Crippen LogP contribution in [0.3, 0.4) is 0 Å². The fraction of sp³-hybridized carbons (Fsp3) is 0. The molecule has 170 valence electrons. The molecule has 0 aromatic heterocycles. The summed E-state index contributed by atoms with van der Waals surface area (Å²) in [5.41, 5.74) is 7.54. The minimum absolute atomic E-state index is 0.849. The molecule has 0 spiro atoms. The van der Waals surface area contributed by atoms with E-state index in [9.17, 15) is 4.57 Å². The van der Waals surface area contributed by atoms with Crippen molar-refractivity contribution in [2.24, 2.45) is 0 Å². The fourth-order valence-corrected chi connectivity index (χ4v) is 8.28. The third kappa shape index (κ3) is 3.07. The number of rotatable bonds is 4. The van der Waals surface area contributed by atoms with Gasteiger partial charge in [-0.1, -0.05) is 140 Å². The maximum Gasteiger partial charge on any atom is 0.171 e. The summed E-state index contributed by atoms with van der Waals surface area (Å²) in [4.78, 5) is 0. The van der Waals surface area contributed by atoms with E-state index in [2.05, 4.69) is 66.7 Å². The van der Waals surface area contributed by atoms with Crippen molar-refractivity contribution in [2.75, 3.05) is 0 Å². The lowest BCUT2D eigenvalue weighted by Gasteiger charge is -2.20. The number of hydrogen-bond acceptors (Lipinski definition) is 1. The van der Waals surface area contributed by atoms with Crippen molar-refractivity contribution in [1.82, 2.24) is 0 Å². The molecule has 0 atom stereocenters. The lowest BCUT2D eigenvalue weighted by Crippen LogP contribution is -2.24. The Morgan fingerprint density at radius 1 is 0.361 bits per heavy atom. The molecule has 6 aromatic carbocycles. The van der Waals surface area contributed by atoms with Gasteiger partial charge >= 0.3 is 0 Å². The molecule has 1 nitrogen and oxygen atoms in total. The van der Waals surface area contributed by atoms with E-state index in [1.54, 1.807) is 0 Å². The van der Waals surface area contributed by atoms with Gasteiger partial charge in [-0.3, -0.25) is 0 Å². The molecule has 0 saturated heterocycles. The smallest absolute Gasteiger partial charge is 0.171 e. The molecule has 0 unspecified atom stereocenters. The summed E-state index contributed by atoms with van der Waals surface area (Å²) in [5.74, 6) is 0. The van der Waals surface area contributed by atoms with Gasteiger partial charge in [0, 0.05) is 15.9 Å². The first-order valence-electron chi connectivity index (χ1n) is 12.2. The Morgan fingerprint density at radius 3 is 1.44 bits per heavy atom. The first-order valence-corrected chi connectivity index (χ1v) is 13.9. The van der Waals surface area contributed by atoms with Gasteiger partial charge < -0.3 is 4.57 Å². The van der Waals surface area contributed by atoms with Crippen LogP contribution in [0.4, 0.5) is 0 Å². The first kappa shape index (κ1) is 21.1. The van der Waals surface area contributed by atoms with Crippen LogP contribution in [-0.2, 0) is 4.57 Å². The summed E-state index contributed by atoms with van der Waals surface area (Å²) >= 11 is 0. The molecule has 0 fully saturated rings. The second kappa shape index (κ2) is 8.19. The van der Waals surface area contributed by atoms with Crippen molar-refractivity contribution in [3.63, 3.8) is 0 Å². The van der Waals surface area contributed by atoms with Crippen LogP contribution in [0.1, 0.15) is 0 Å². The number of hydrogen-bond donors (Lipinski definition) is 0. The zero-order valence-corrected chi connectivity index (χ0v) is 20.5.